The van der Waals surface area contributed by atoms with Crippen molar-refractivity contribution in [1.82, 2.24) is 14.7 Å². The summed E-state index contributed by atoms with van der Waals surface area (Å²) in [4.78, 5) is 19.3. The Morgan fingerprint density at radius 3 is 2.44 bits per heavy atom. The van der Waals surface area contributed by atoms with Gasteiger partial charge in [-0.3, -0.25) is 14.6 Å². The molecule has 1 amide bonds. The molecule has 3 heterocycles. The first-order valence-corrected chi connectivity index (χ1v) is 9.09. The molecular formula is C20H25N3O2. The zero-order valence-corrected chi connectivity index (χ0v) is 14.6. The Balaban J connectivity index is 1.25. The second-order valence-corrected chi connectivity index (χ2v) is 6.97. The Morgan fingerprint density at radius 2 is 1.68 bits per heavy atom. The van der Waals surface area contributed by atoms with Crippen molar-refractivity contribution in [3.8, 4) is 0 Å². The minimum Gasteiger partial charge on any atom is -0.468 e. The van der Waals surface area contributed by atoms with Crippen LogP contribution in [-0.4, -0.2) is 59.9 Å². The highest BCUT2D eigenvalue weighted by molar-refractivity contribution is 5.78. The van der Waals surface area contributed by atoms with Crippen LogP contribution in [0.2, 0.25) is 0 Å². The van der Waals surface area contributed by atoms with E-state index in [0.29, 0.717) is 6.54 Å². The molecule has 0 spiro atoms. The summed E-state index contributed by atoms with van der Waals surface area (Å²) in [5.74, 6) is 1.27. The smallest absolute Gasteiger partial charge is 0.237 e. The SMILES string of the molecule is O=C(CN1CCN(Cc2ccco2)CC1)N1CCc2ccccc2C1. The second-order valence-electron chi connectivity index (χ2n) is 6.97. The van der Waals surface area contributed by atoms with E-state index in [-0.39, 0.29) is 5.91 Å². The number of hydrogen-bond acceptors (Lipinski definition) is 4. The van der Waals surface area contributed by atoms with Gasteiger partial charge in [-0.1, -0.05) is 24.3 Å². The van der Waals surface area contributed by atoms with Crippen LogP contribution in [0.25, 0.3) is 0 Å². The highest BCUT2D eigenvalue weighted by Crippen LogP contribution is 2.19. The lowest BCUT2D eigenvalue weighted by Crippen LogP contribution is -2.50. The number of carbonyl (C=O) groups is 1. The lowest BCUT2D eigenvalue weighted by atomic mass is 10.00. The molecule has 132 valence electrons. The van der Waals surface area contributed by atoms with Gasteiger partial charge in [0.05, 0.1) is 19.4 Å². The van der Waals surface area contributed by atoms with E-state index >= 15 is 0 Å². The molecule has 2 aliphatic rings. The maximum atomic E-state index is 12.7. The summed E-state index contributed by atoms with van der Waals surface area (Å²) in [5.41, 5.74) is 2.68. The van der Waals surface area contributed by atoms with Crippen molar-refractivity contribution in [2.45, 2.75) is 19.5 Å². The first-order chi connectivity index (χ1) is 12.3. The summed E-state index contributed by atoms with van der Waals surface area (Å²) in [6, 6.07) is 12.4. The van der Waals surface area contributed by atoms with Gasteiger partial charge < -0.3 is 9.32 Å². The monoisotopic (exact) mass is 339 g/mol. The van der Waals surface area contributed by atoms with Crippen molar-refractivity contribution in [1.29, 1.82) is 0 Å². The van der Waals surface area contributed by atoms with Gasteiger partial charge in [0.2, 0.25) is 5.91 Å². The molecule has 1 aromatic carbocycles. The number of rotatable bonds is 4. The number of nitrogens with zero attached hydrogens (tertiary/aromatic N) is 3. The molecule has 0 aliphatic carbocycles. The summed E-state index contributed by atoms with van der Waals surface area (Å²) in [6.07, 6.45) is 2.69. The Labute approximate surface area is 148 Å². The molecule has 0 saturated carbocycles. The minimum atomic E-state index is 0.258. The predicted molar refractivity (Wildman–Crippen MR) is 96.0 cm³/mol. The highest BCUT2D eigenvalue weighted by atomic mass is 16.3. The average molecular weight is 339 g/mol. The van der Waals surface area contributed by atoms with E-state index in [0.717, 1.165) is 58.0 Å². The average Bonchev–Trinajstić information content (AvgIpc) is 3.16. The minimum absolute atomic E-state index is 0.258. The molecule has 1 fully saturated rings. The van der Waals surface area contributed by atoms with Gasteiger partial charge in [-0.25, -0.2) is 0 Å². The van der Waals surface area contributed by atoms with Crippen LogP contribution in [0.5, 0.6) is 0 Å². The third-order valence-corrected chi connectivity index (χ3v) is 5.27. The summed E-state index contributed by atoms with van der Waals surface area (Å²) in [7, 11) is 0. The Kier molecular flexibility index (Phi) is 4.85. The normalized spacial score (nSPS) is 19.0. The molecular weight excluding hydrogens is 314 g/mol. The fourth-order valence-corrected chi connectivity index (χ4v) is 3.73. The van der Waals surface area contributed by atoms with Crippen LogP contribution in [0.15, 0.2) is 47.1 Å². The Morgan fingerprint density at radius 1 is 0.920 bits per heavy atom. The number of carbonyl (C=O) groups excluding carboxylic acids is 1. The summed E-state index contributed by atoms with van der Waals surface area (Å²) < 4.78 is 5.42. The van der Waals surface area contributed by atoms with Crippen LogP contribution >= 0.6 is 0 Å². The molecule has 0 N–H and O–H groups in total. The number of piperazine rings is 1. The van der Waals surface area contributed by atoms with E-state index in [1.807, 2.05) is 17.0 Å². The van der Waals surface area contributed by atoms with Crippen molar-refractivity contribution in [2.75, 3.05) is 39.3 Å². The lowest BCUT2D eigenvalue weighted by molar-refractivity contribution is -0.133. The van der Waals surface area contributed by atoms with Gasteiger partial charge >= 0.3 is 0 Å². The van der Waals surface area contributed by atoms with Crippen LogP contribution in [0.1, 0.15) is 16.9 Å². The van der Waals surface area contributed by atoms with Crippen molar-refractivity contribution in [3.63, 3.8) is 0 Å². The molecule has 1 aromatic heterocycles. The molecule has 1 saturated heterocycles. The van der Waals surface area contributed by atoms with Crippen molar-refractivity contribution in [2.24, 2.45) is 0 Å². The number of amides is 1. The predicted octanol–water partition coefficient (Wildman–Crippen LogP) is 1.98. The number of benzene rings is 1. The zero-order valence-electron chi connectivity index (χ0n) is 14.6. The number of fused-ring (bicyclic) bond motifs is 1. The van der Waals surface area contributed by atoms with E-state index in [4.69, 9.17) is 4.42 Å². The summed E-state index contributed by atoms with van der Waals surface area (Å²) in [6.45, 7) is 6.84. The molecule has 5 heteroatoms. The van der Waals surface area contributed by atoms with Crippen LogP contribution in [-0.2, 0) is 24.3 Å². The van der Waals surface area contributed by atoms with Crippen LogP contribution in [0.3, 0.4) is 0 Å². The van der Waals surface area contributed by atoms with Gasteiger partial charge in [-0.2, -0.15) is 0 Å². The van der Waals surface area contributed by atoms with Crippen LogP contribution < -0.4 is 0 Å². The van der Waals surface area contributed by atoms with Crippen molar-refractivity contribution < 1.29 is 9.21 Å². The third kappa shape index (κ3) is 3.94. The molecule has 0 bridgehead atoms. The van der Waals surface area contributed by atoms with Gasteiger partial charge in [-0.15, -0.1) is 0 Å². The summed E-state index contributed by atoms with van der Waals surface area (Å²) in [5, 5.41) is 0. The van der Waals surface area contributed by atoms with E-state index in [9.17, 15) is 4.79 Å². The van der Waals surface area contributed by atoms with E-state index in [1.54, 1.807) is 6.26 Å². The molecule has 0 radical (unpaired) electrons. The van der Waals surface area contributed by atoms with E-state index < -0.39 is 0 Å². The highest BCUT2D eigenvalue weighted by Gasteiger charge is 2.24. The third-order valence-electron chi connectivity index (χ3n) is 5.27. The van der Waals surface area contributed by atoms with E-state index in [2.05, 4.69) is 34.1 Å². The lowest BCUT2D eigenvalue weighted by Gasteiger charge is -2.36. The van der Waals surface area contributed by atoms with Crippen molar-refractivity contribution in [3.05, 3.63) is 59.5 Å². The zero-order chi connectivity index (χ0) is 17.1. The molecule has 25 heavy (non-hydrogen) atoms. The fourth-order valence-electron chi connectivity index (χ4n) is 3.73. The van der Waals surface area contributed by atoms with Crippen LogP contribution in [0, 0.1) is 0 Å². The summed E-state index contributed by atoms with van der Waals surface area (Å²) >= 11 is 0. The van der Waals surface area contributed by atoms with Crippen LogP contribution in [0.4, 0.5) is 0 Å². The van der Waals surface area contributed by atoms with Crippen molar-refractivity contribution >= 4 is 5.91 Å². The molecule has 4 rings (SSSR count). The topological polar surface area (TPSA) is 39.9 Å². The second kappa shape index (κ2) is 7.42. The molecule has 5 nitrogen and oxygen atoms in total. The largest absolute Gasteiger partial charge is 0.468 e. The Hall–Kier alpha value is -2.11. The first kappa shape index (κ1) is 16.4. The van der Waals surface area contributed by atoms with Gasteiger partial charge in [0.15, 0.2) is 0 Å². The first-order valence-electron chi connectivity index (χ1n) is 9.09. The molecule has 0 atom stereocenters. The number of hydrogen-bond donors (Lipinski definition) is 0. The van der Waals surface area contributed by atoms with Gasteiger partial charge in [0, 0.05) is 39.3 Å². The number of furan rings is 1. The fraction of sp³-hybridized carbons (Fsp3) is 0.450. The maximum Gasteiger partial charge on any atom is 0.237 e. The quantitative estimate of drug-likeness (QED) is 0.854. The maximum absolute atomic E-state index is 12.7. The molecule has 2 aromatic rings. The van der Waals surface area contributed by atoms with Gasteiger partial charge in [0.25, 0.3) is 0 Å². The Bertz CT molecular complexity index is 705. The molecule has 2 aliphatic heterocycles. The standard InChI is InChI=1S/C20H25N3O2/c24-20(23-8-7-17-4-1-2-5-18(17)14-23)16-22-11-9-21(10-12-22)15-19-6-3-13-25-19/h1-6,13H,7-12,14-16H2. The molecule has 0 unspecified atom stereocenters. The van der Waals surface area contributed by atoms with Gasteiger partial charge in [0.1, 0.15) is 5.76 Å². The van der Waals surface area contributed by atoms with Gasteiger partial charge in [-0.05, 0) is 29.7 Å². The van der Waals surface area contributed by atoms with E-state index in [1.165, 1.54) is 11.1 Å².